The molecule has 0 atom stereocenters. The van der Waals surface area contributed by atoms with Crippen LogP contribution in [0.25, 0.3) is 11.3 Å². The van der Waals surface area contributed by atoms with Crippen molar-refractivity contribution in [1.82, 2.24) is 9.97 Å². The smallest absolute Gasteiger partial charge is 0.237 e. The first-order valence-corrected chi connectivity index (χ1v) is 4.88. The highest BCUT2D eigenvalue weighted by Crippen LogP contribution is 2.21. The summed E-state index contributed by atoms with van der Waals surface area (Å²) < 4.78 is 25.9. The minimum absolute atomic E-state index is 0.227. The molecule has 6 heteroatoms. The van der Waals surface area contributed by atoms with Gasteiger partial charge in [0.05, 0.1) is 5.69 Å². The van der Waals surface area contributed by atoms with Crippen LogP contribution in [-0.2, 0) is 0 Å². The van der Waals surface area contributed by atoms with E-state index >= 15 is 0 Å². The third-order valence-electron chi connectivity index (χ3n) is 2.20. The van der Waals surface area contributed by atoms with E-state index < -0.39 is 11.6 Å². The summed E-state index contributed by atoms with van der Waals surface area (Å²) in [5, 5.41) is 0. The number of aryl methyl sites for hydroxylation is 1. The molecular formula is C11H10F2N4. The molecule has 1 heterocycles. The number of nitrogen functional groups attached to an aromatic ring is 1. The van der Waals surface area contributed by atoms with Crippen molar-refractivity contribution in [2.24, 2.45) is 5.84 Å². The molecule has 0 bridgehead atoms. The number of hydrogen-bond acceptors (Lipinski definition) is 4. The minimum Gasteiger partial charge on any atom is -0.292 e. The molecule has 2 rings (SSSR count). The molecule has 4 nitrogen and oxygen atoms in total. The maximum absolute atomic E-state index is 13.1. The number of rotatable bonds is 2. The van der Waals surface area contributed by atoms with Crippen LogP contribution in [-0.4, -0.2) is 9.97 Å². The first-order valence-electron chi connectivity index (χ1n) is 4.88. The summed E-state index contributed by atoms with van der Waals surface area (Å²) in [7, 11) is 0. The fourth-order valence-electron chi connectivity index (χ4n) is 1.44. The highest BCUT2D eigenvalue weighted by atomic mass is 19.2. The van der Waals surface area contributed by atoms with Crippen LogP contribution < -0.4 is 11.3 Å². The Balaban J connectivity index is 2.52. The van der Waals surface area contributed by atoms with E-state index in [1.165, 1.54) is 6.07 Å². The molecule has 1 aromatic heterocycles. The van der Waals surface area contributed by atoms with E-state index in [9.17, 15) is 8.78 Å². The van der Waals surface area contributed by atoms with Gasteiger partial charge in [-0.05, 0) is 31.2 Å². The summed E-state index contributed by atoms with van der Waals surface area (Å²) >= 11 is 0. The normalized spacial score (nSPS) is 10.4. The Morgan fingerprint density at radius 2 is 1.88 bits per heavy atom. The molecule has 17 heavy (non-hydrogen) atoms. The Bertz CT molecular complexity index is 557. The molecule has 1 aromatic carbocycles. The quantitative estimate of drug-likeness (QED) is 0.618. The molecule has 88 valence electrons. The highest BCUT2D eigenvalue weighted by Gasteiger charge is 2.07. The third kappa shape index (κ3) is 2.36. The first kappa shape index (κ1) is 11.4. The molecule has 0 radical (unpaired) electrons. The van der Waals surface area contributed by atoms with Crippen molar-refractivity contribution in [3.63, 3.8) is 0 Å². The summed E-state index contributed by atoms with van der Waals surface area (Å²) in [6.07, 6.45) is 0. The fraction of sp³-hybridized carbons (Fsp3) is 0.0909. The Morgan fingerprint density at radius 3 is 2.53 bits per heavy atom. The maximum atomic E-state index is 13.1. The zero-order valence-electron chi connectivity index (χ0n) is 9.04. The summed E-state index contributed by atoms with van der Waals surface area (Å²) in [4.78, 5) is 8.06. The van der Waals surface area contributed by atoms with Crippen LogP contribution in [0, 0.1) is 18.6 Å². The van der Waals surface area contributed by atoms with Crippen LogP contribution in [0.1, 0.15) is 5.69 Å². The van der Waals surface area contributed by atoms with Crippen molar-refractivity contribution >= 4 is 5.95 Å². The van der Waals surface area contributed by atoms with E-state index in [0.29, 0.717) is 17.0 Å². The van der Waals surface area contributed by atoms with Crippen molar-refractivity contribution in [2.45, 2.75) is 6.92 Å². The van der Waals surface area contributed by atoms with E-state index in [0.717, 1.165) is 12.1 Å². The number of nitrogens with zero attached hydrogens (tertiary/aromatic N) is 2. The Morgan fingerprint density at radius 1 is 1.12 bits per heavy atom. The second kappa shape index (κ2) is 4.42. The molecule has 0 aliphatic rings. The van der Waals surface area contributed by atoms with Gasteiger partial charge in [0.15, 0.2) is 11.6 Å². The molecule has 0 unspecified atom stereocenters. The van der Waals surface area contributed by atoms with E-state index in [2.05, 4.69) is 15.4 Å². The maximum Gasteiger partial charge on any atom is 0.237 e. The van der Waals surface area contributed by atoms with Crippen LogP contribution in [0.4, 0.5) is 14.7 Å². The number of hydrogen-bond donors (Lipinski definition) is 2. The monoisotopic (exact) mass is 236 g/mol. The van der Waals surface area contributed by atoms with Crippen LogP contribution in [0.3, 0.4) is 0 Å². The van der Waals surface area contributed by atoms with Gasteiger partial charge in [-0.15, -0.1) is 0 Å². The lowest BCUT2D eigenvalue weighted by molar-refractivity contribution is 0.509. The van der Waals surface area contributed by atoms with Gasteiger partial charge >= 0.3 is 0 Å². The molecule has 2 aromatic rings. The molecule has 0 aliphatic carbocycles. The predicted molar refractivity (Wildman–Crippen MR) is 59.9 cm³/mol. The van der Waals surface area contributed by atoms with Gasteiger partial charge in [0, 0.05) is 11.3 Å². The average molecular weight is 236 g/mol. The molecule has 0 saturated carbocycles. The highest BCUT2D eigenvalue weighted by molar-refractivity contribution is 5.60. The van der Waals surface area contributed by atoms with Crippen LogP contribution in [0.2, 0.25) is 0 Å². The Labute approximate surface area is 96.5 Å². The Hall–Kier alpha value is -2.08. The van der Waals surface area contributed by atoms with Crippen LogP contribution in [0.5, 0.6) is 0 Å². The minimum atomic E-state index is -0.916. The van der Waals surface area contributed by atoms with Crippen molar-refractivity contribution in [3.8, 4) is 11.3 Å². The van der Waals surface area contributed by atoms with Crippen molar-refractivity contribution in [1.29, 1.82) is 0 Å². The number of hydrazine groups is 1. The van der Waals surface area contributed by atoms with Crippen molar-refractivity contribution < 1.29 is 8.78 Å². The second-order valence-electron chi connectivity index (χ2n) is 3.49. The SMILES string of the molecule is Cc1cc(-c2ccc(F)c(F)c2)nc(NN)n1. The molecular weight excluding hydrogens is 226 g/mol. The molecule has 0 spiro atoms. The number of halogens is 2. The lowest BCUT2D eigenvalue weighted by Crippen LogP contribution is -2.11. The summed E-state index contributed by atoms with van der Waals surface area (Å²) in [6, 6.07) is 5.24. The molecule has 0 fully saturated rings. The first-order chi connectivity index (χ1) is 8.10. The number of aromatic nitrogens is 2. The number of anilines is 1. The average Bonchev–Trinajstić information content (AvgIpc) is 2.32. The molecule has 0 amide bonds. The number of nitrogens with one attached hydrogen (secondary N) is 1. The van der Waals surface area contributed by atoms with E-state index in [1.54, 1.807) is 13.0 Å². The standard InChI is InChI=1S/C11H10F2N4/c1-6-4-10(16-11(15-6)17-14)7-2-3-8(12)9(13)5-7/h2-5H,14H2,1H3,(H,15,16,17). The molecule has 0 saturated heterocycles. The lowest BCUT2D eigenvalue weighted by atomic mass is 10.1. The van der Waals surface area contributed by atoms with Gasteiger partial charge in [-0.3, -0.25) is 5.43 Å². The van der Waals surface area contributed by atoms with Gasteiger partial charge in [0.25, 0.3) is 0 Å². The van der Waals surface area contributed by atoms with Crippen molar-refractivity contribution in [3.05, 3.63) is 41.6 Å². The van der Waals surface area contributed by atoms with E-state index in [4.69, 9.17) is 5.84 Å². The lowest BCUT2D eigenvalue weighted by Gasteiger charge is -2.05. The van der Waals surface area contributed by atoms with Crippen LogP contribution >= 0.6 is 0 Å². The third-order valence-corrected chi connectivity index (χ3v) is 2.20. The van der Waals surface area contributed by atoms with Crippen molar-refractivity contribution in [2.75, 3.05) is 5.43 Å². The topological polar surface area (TPSA) is 63.8 Å². The van der Waals surface area contributed by atoms with Gasteiger partial charge in [0.1, 0.15) is 0 Å². The zero-order chi connectivity index (χ0) is 12.4. The molecule has 3 N–H and O–H groups in total. The van der Waals surface area contributed by atoms with Gasteiger partial charge in [-0.1, -0.05) is 0 Å². The second-order valence-corrected chi connectivity index (χ2v) is 3.49. The van der Waals surface area contributed by atoms with Gasteiger partial charge < -0.3 is 0 Å². The number of benzene rings is 1. The van der Waals surface area contributed by atoms with Crippen LogP contribution in [0.15, 0.2) is 24.3 Å². The van der Waals surface area contributed by atoms with E-state index in [1.807, 2.05) is 0 Å². The van der Waals surface area contributed by atoms with Gasteiger partial charge in [0.2, 0.25) is 5.95 Å². The Kier molecular flexibility index (Phi) is 2.97. The summed E-state index contributed by atoms with van der Waals surface area (Å²) in [5.41, 5.74) is 3.93. The predicted octanol–water partition coefficient (Wildman–Crippen LogP) is 2.02. The summed E-state index contributed by atoms with van der Waals surface area (Å²) in [6.45, 7) is 1.76. The zero-order valence-corrected chi connectivity index (χ0v) is 9.04. The van der Waals surface area contributed by atoms with Gasteiger partial charge in [-0.25, -0.2) is 24.6 Å². The number of nitrogens with two attached hydrogens (primary N) is 1. The fourth-order valence-corrected chi connectivity index (χ4v) is 1.44. The van der Waals surface area contributed by atoms with Gasteiger partial charge in [-0.2, -0.15) is 0 Å². The van der Waals surface area contributed by atoms with E-state index in [-0.39, 0.29) is 5.95 Å². The largest absolute Gasteiger partial charge is 0.292 e. The molecule has 0 aliphatic heterocycles. The summed E-state index contributed by atoms with van der Waals surface area (Å²) in [5.74, 6) is 3.63.